The Kier molecular flexibility index (Phi) is 4.73. The van der Waals surface area contributed by atoms with Gasteiger partial charge in [0.25, 0.3) is 0 Å². The third-order valence-corrected chi connectivity index (χ3v) is 5.58. The molecule has 9 nitrogen and oxygen atoms in total. The van der Waals surface area contributed by atoms with Gasteiger partial charge in [-0.25, -0.2) is 4.68 Å². The summed E-state index contributed by atoms with van der Waals surface area (Å²) in [6.45, 7) is 1.70. The van der Waals surface area contributed by atoms with Crippen LogP contribution in [0.2, 0.25) is 0 Å². The average Bonchev–Trinajstić information content (AvgIpc) is 3.58. The minimum Gasteiger partial charge on any atom is -0.454 e. The maximum absolute atomic E-state index is 5.73. The van der Waals surface area contributed by atoms with Gasteiger partial charge >= 0.3 is 0 Å². The molecule has 32 heavy (non-hydrogen) atoms. The highest BCUT2D eigenvalue weighted by molar-refractivity contribution is 5.90. The third-order valence-electron chi connectivity index (χ3n) is 5.58. The van der Waals surface area contributed by atoms with E-state index in [4.69, 9.17) is 24.2 Å². The fourth-order valence-electron chi connectivity index (χ4n) is 3.96. The summed E-state index contributed by atoms with van der Waals surface area (Å²) in [5, 5.41) is 12.1. The first-order chi connectivity index (χ1) is 15.8. The Bertz CT molecular complexity index is 1250. The maximum atomic E-state index is 5.73. The molecule has 0 radical (unpaired) electrons. The van der Waals surface area contributed by atoms with E-state index in [-0.39, 0.29) is 12.9 Å². The molecule has 4 heterocycles. The predicted molar refractivity (Wildman–Crippen MR) is 120 cm³/mol. The largest absolute Gasteiger partial charge is 0.454 e. The fourth-order valence-corrected chi connectivity index (χ4v) is 3.96. The predicted octanol–water partition coefficient (Wildman–Crippen LogP) is 3.88. The average molecular weight is 430 g/mol. The van der Waals surface area contributed by atoms with E-state index in [9.17, 15) is 0 Å². The molecular formula is C23H22N6O3. The number of nitrogens with one attached hydrogen (secondary N) is 2. The summed E-state index contributed by atoms with van der Waals surface area (Å²) in [6, 6.07) is 15.6. The minimum absolute atomic E-state index is 0.179. The van der Waals surface area contributed by atoms with Crippen LogP contribution in [0.25, 0.3) is 16.7 Å². The van der Waals surface area contributed by atoms with E-state index in [2.05, 4.69) is 15.7 Å². The summed E-state index contributed by atoms with van der Waals surface area (Å²) < 4.78 is 18.5. The van der Waals surface area contributed by atoms with Gasteiger partial charge in [-0.2, -0.15) is 15.1 Å². The Morgan fingerprint density at radius 2 is 1.94 bits per heavy atom. The Balaban J connectivity index is 1.38. The number of rotatable bonds is 6. The number of nitrogens with zero attached hydrogens (tertiary/aromatic N) is 4. The number of aromatic nitrogens is 4. The van der Waals surface area contributed by atoms with Gasteiger partial charge in [-0.1, -0.05) is 18.2 Å². The number of para-hydroxylation sites is 1. The Morgan fingerprint density at radius 1 is 1.03 bits per heavy atom. The minimum atomic E-state index is 0.179. The van der Waals surface area contributed by atoms with Crippen molar-refractivity contribution >= 4 is 28.5 Å². The van der Waals surface area contributed by atoms with Gasteiger partial charge in [-0.3, -0.25) is 0 Å². The van der Waals surface area contributed by atoms with Gasteiger partial charge in [0.2, 0.25) is 12.7 Å². The molecule has 2 aromatic carbocycles. The summed E-state index contributed by atoms with van der Waals surface area (Å²) >= 11 is 0. The monoisotopic (exact) mass is 430 g/mol. The maximum Gasteiger partial charge on any atom is 0.231 e. The molecule has 1 fully saturated rings. The molecule has 1 saturated heterocycles. The van der Waals surface area contributed by atoms with Crippen molar-refractivity contribution in [3.8, 4) is 17.2 Å². The molecule has 2 aromatic heterocycles. The van der Waals surface area contributed by atoms with Crippen molar-refractivity contribution in [2.24, 2.45) is 0 Å². The lowest BCUT2D eigenvalue weighted by Crippen LogP contribution is -2.20. The first-order valence-corrected chi connectivity index (χ1v) is 10.7. The molecule has 2 aliphatic rings. The number of benzene rings is 2. The van der Waals surface area contributed by atoms with Gasteiger partial charge in [-0.15, -0.1) is 0 Å². The smallest absolute Gasteiger partial charge is 0.231 e. The highest BCUT2D eigenvalue weighted by Crippen LogP contribution is 2.36. The lowest BCUT2D eigenvalue weighted by atomic mass is 10.2. The van der Waals surface area contributed by atoms with Crippen LogP contribution in [0.4, 0.5) is 17.5 Å². The molecule has 2 aliphatic heterocycles. The van der Waals surface area contributed by atoms with Crippen molar-refractivity contribution in [2.75, 3.05) is 30.6 Å². The van der Waals surface area contributed by atoms with Crippen LogP contribution in [0.1, 0.15) is 12.8 Å². The summed E-state index contributed by atoms with van der Waals surface area (Å²) in [7, 11) is 0. The molecule has 1 atom stereocenters. The SMILES string of the molecule is c1ccc(-n2ncc3c(Nc4ccc5c(c4)OCO5)nc(NCC4CCCO4)nc32)cc1. The summed E-state index contributed by atoms with van der Waals surface area (Å²) in [5.41, 5.74) is 2.48. The lowest BCUT2D eigenvalue weighted by molar-refractivity contribution is 0.120. The lowest BCUT2D eigenvalue weighted by Gasteiger charge is -2.13. The molecule has 0 aliphatic carbocycles. The van der Waals surface area contributed by atoms with Crippen LogP contribution in [0.5, 0.6) is 11.5 Å². The third kappa shape index (κ3) is 3.56. The number of hydrogen-bond donors (Lipinski definition) is 2. The number of fused-ring (bicyclic) bond motifs is 2. The highest BCUT2D eigenvalue weighted by atomic mass is 16.7. The molecule has 9 heteroatoms. The van der Waals surface area contributed by atoms with E-state index in [1.807, 2.05) is 53.2 Å². The van der Waals surface area contributed by atoms with Crippen LogP contribution in [-0.4, -0.2) is 45.8 Å². The molecule has 162 valence electrons. The second-order valence-corrected chi connectivity index (χ2v) is 7.73. The normalized spacial score (nSPS) is 17.1. The van der Waals surface area contributed by atoms with Crippen LogP contribution in [-0.2, 0) is 4.74 Å². The van der Waals surface area contributed by atoms with Gasteiger partial charge in [0.15, 0.2) is 17.1 Å². The summed E-state index contributed by atoms with van der Waals surface area (Å²) in [6.07, 6.45) is 4.09. The van der Waals surface area contributed by atoms with Gasteiger partial charge in [0, 0.05) is 24.9 Å². The molecular weight excluding hydrogens is 408 g/mol. The van der Waals surface area contributed by atoms with E-state index in [0.717, 1.165) is 42.0 Å². The van der Waals surface area contributed by atoms with Gasteiger partial charge < -0.3 is 24.8 Å². The van der Waals surface area contributed by atoms with Crippen LogP contribution in [0.15, 0.2) is 54.7 Å². The molecule has 0 saturated carbocycles. The van der Waals surface area contributed by atoms with E-state index in [0.29, 0.717) is 29.7 Å². The first-order valence-electron chi connectivity index (χ1n) is 10.7. The first kappa shape index (κ1) is 18.9. The van der Waals surface area contributed by atoms with Crippen molar-refractivity contribution in [2.45, 2.75) is 18.9 Å². The second-order valence-electron chi connectivity index (χ2n) is 7.73. The molecule has 2 N–H and O–H groups in total. The van der Waals surface area contributed by atoms with Gasteiger partial charge in [0.1, 0.15) is 5.82 Å². The van der Waals surface area contributed by atoms with Crippen molar-refractivity contribution in [3.63, 3.8) is 0 Å². The quantitative estimate of drug-likeness (QED) is 0.476. The van der Waals surface area contributed by atoms with Crippen LogP contribution in [0.3, 0.4) is 0 Å². The fraction of sp³-hybridized carbons (Fsp3) is 0.261. The van der Waals surface area contributed by atoms with Crippen molar-refractivity contribution < 1.29 is 14.2 Å². The summed E-state index contributed by atoms with van der Waals surface area (Å²) in [5.74, 6) is 2.62. The van der Waals surface area contributed by atoms with E-state index in [1.54, 1.807) is 6.20 Å². The molecule has 1 unspecified atom stereocenters. The second kappa shape index (κ2) is 8.01. The van der Waals surface area contributed by atoms with E-state index < -0.39 is 0 Å². The zero-order valence-corrected chi connectivity index (χ0v) is 17.3. The van der Waals surface area contributed by atoms with E-state index >= 15 is 0 Å². The Morgan fingerprint density at radius 3 is 2.81 bits per heavy atom. The number of ether oxygens (including phenoxy) is 3. The molecule has 0 bridgehead atoms. The van der Waals surface area contributed by atoms with Crippen LogP contribution >= 0.6 is 0 Å². The Hall–Kier alpha value is -3.85. The highest BCUT2D eigenvalue weighted by Gasteiger charge is 2.19. The van der Waals surface area contributed by atoms with Crippen LogP contribution < -0.4 is 20.1 Å². The molecule has 4 aromatic rings. The number of hydrogen-bond acceptors (Lipinski definition) is 8. The van der Waals surface area contributed by atoms with Crippen molar-refractivity contribution in [3.05, 3.63) is 54.7 Å². The topological polar surface area (TPSA) is 95.4 Å². The van der Waals surface area contributed by atoms with E-state index in [1.165, 1.54) is 0 Å². The Labute approximate surface area is 184 Å². The zero-order chi connectivity index (χ0) is 21.3. The number of anilines is 3. The van der Waals surface area contributed by atoms with Gasteiger partial charge in [-0.05, 0) is 37.1 Å². The molecule has 0 spiro atoms. The zero-order valence-electron chi connectivity index (χ0n) is 17.3. The molecule has 0 amide bonds. The van der Waals surface area contributed by atoms with Crippen LogP contribution in [0, 0.1) is 0 Å². The van der Waals surface area contributed by atoms with Crippen molar-refractivity contribution in [1.29, 1.82) is 0 Å². The molecule has 6 rings (SSSR count). The van der Waals surface area contributed by atoms with Gasteiger partial charge in [0.05, 0.1) is 23.4 Å². The van der Waals surface area contributed by atoms with Crippen molar-refractivity contribution in [1.82, 2.24) is 19.7 Å². The standard InChI is InChI=1S/C23H22N6O3/c1-2-5-16(6-3-1)29-22-18(13-25-29)21(26-15-8-9-19-20(11-15)32-14-31-19)27-23(28-22)24-12-17-7-4-10-30-17/h1-3,5-6,8-9,11,13,17H,4,7,10,12,14H2,(H2,24,26,27,28). The summed E-state index contributed by atoms with van der Waals surface area (Å²) in [4.78, 5) is 9.51.